The van der Waals surface area contributed by atoms with Gasteiger partial charge in [-0.3, -0.25) is 9.88 Å². The maximum Gasteiger partial charge on any atom is 0.221 e. The highest BCUT2D eigenvalue weighted by Gasteiger charge is 2.18. The molecule has 32 heavy (non-hydrogen) atoms. The molecule has 1 aromatic carbocycles. The van der Waals surface area contributed by atoms with Crippen molar-refractivity contribution in [2.45, 2.75) is 38.3 Å². The van der Waals surface area contributed by atoms with Crippen molar-refractivity contribution >= 4 is 5.95 Å². The van der Waals surface area contributed by atoms with Crippen molar-refractivity contribution < 1.29 is 9.84 Å². The van der Waals surface area contributed by atoms with Crippen molar-refractivity contribution in [2.24, 2.45) is 7.05 Å². The van der Waals surface area contributed by atoms with Crippen LogP contribution in [0.25, 0.3) is 0 Å². The van der Waals surface area contributed by atoms with Crippen LogP contribution in [0.5, 0.6) is 5.75 Å². The van der Waals surface area contributed by atoms with Gasteiger partial charge in [0.15, 0.2) is 11.9 Å². The number of nitrogens with zero attached hydrogens (tertiary/aromatic N) is 5. The molecule has 2 N–H and O–H groups in total. The summed E-state index contributed by atoms with van der Waals surface area (Å²) in [7, 11) is 1.80. The van der Waals surface area contributed by atoms with Gasteiger partial charge in [0.2, 0.25) is 5.95 Å². The Labute approximate surface area is 189 Å². The van der Waals surface area contributed by atoms with Gasteiger partial charge in [-0.1, -0.05) is 24.6 Å². The van der Waals surface area contributed by atoms with Gasteiger partial charge in [0, 0.05) is 26.3 Å². The van der Waals surface area contributed by atoms with E-state index < -0.39 is 6.10 Å². The van der Waals surface area contributed by atoms with E-state index in [-0.39, 0.29) is 0 Å². The third-order valence-corrected chi connectivity index (χ3v) is 5.62. The van der Waals surface area contributed by atoms with Crippen LogP contribution >= 0.6 is 0 Å². The van der Waals surface area contributed by atoms with E-state index in [2.05, 4.69) is 43.5 Å². The van der Waals surface area contributed by atoms with Gasteiger partial charge in [-0.05, 0) is 62.2 Å². The van der Waals surface area contributed by atoms with Crippen LogP contribution in [0.1, 0.15) is 48.9 Å². The van der Waals surface area contributed by atoms with Crippen LogP contribution in [0, 0.1) is 0 Å². The van der Waals surface area contributed by atoms with Crippen molar-refractivity contribution in [3.8, 4) is 5.75 Å². The van der Waals surface area contributed by atoms with Gasteiger partial charge in [0.1, 0.15) is 5.75 Å². The highest BCUT2D eigenvalue weighted by atomic mass is 16.5. The van der Waals surface area contributed by atoms with Crippen LogP contribution in [0.2, 0.25) is 0 Å². The Bertz CT molecular complexity index is 972. The van der Waals surface area contributed by atoms with Gasteiger partial charge in [-0.25, -0.2) is 4.68 Å². The molecule has 4 rings (SSSR count). The molecule has 0 spiro atoms. The fourth-order valence-corrected chi connectivity index (χ4v) is 3.92. The molecule has 0 bridgehead atoms. The van der Waals surface area contributed by atoms with E-state index in [1.54, 1.807) is 24.0 Å². The highest BCUT2D eigenvalue weighted by Crippen LogP contribution is 2.19. The number of aryl methyl sites for hydroxylation is 1. The molecule has 3 aromatic rings. The van der Waals surface area contributed by atoms with Crippen molar-refractivity contribution in [3.05, 3.63) is 65.7 Å². The molecule has 0 saturated carbocycles. The molecule has 1 atom stereocenters. The number of nitrogens with one attached hydrogen (secondary N) is 1. The second kappa shape index (κ2) is 11.1. The number of rotatable bonds is 10. The first-order chi connectivity index (χ1) is 15.7. The van der Waals surface area contributed by atoms with Crippen LogP contribution in [-0.2, 0) is 13.6 Å². The number of benzene rings is 1. The fraction of sp³-hybridized carbons (Fsp3) is 0.458. The predicted octanol–water partition coefficient (Wildman–Crippen LogP) is 3.16. The van der Waals surface area contributed by atoms with E-state index in [4.69, 9.17) is 4.74 Å². The SMILES string of the molecule is Cn1nc(C(O)c2ccccn2)nc1NCCCOc1cccc(CN2CCCCC2)c1. The highest BCUT2D eigenvalue weighted by molar-refractivity contribution is 5.29. The van der Waals surface area contributed by atoms with Gasteiger partial charge >= 0.3 is 0 Å². The fourth-order valence-electron chi connectivity index (χ4n) is 3.92. The molecule has 8 heteroatoms. The lowest BCUT2D eigenvalue weighted by molar-refractivity contribution is 0.205. The summed E-state index contributed by atoms with van der Waals surface area (Å²) < 4.78 is 7.59. The van der Waals surface area contributed by atoms with E-state index >= 15 is 0 Å². The van der Waals surface area contributed by atoms with Gasteiger partial charge in [-0.15, -0.1) is 0 Å². The number of piperidine rings is 1. The maximum absolute atomic E-state index is 10.4. The van der Waals surface area contributed by atoms with Gasteiger partial charge in [0.25, 0.3) is 0 Å². The van der Waals surface area contributed by atoms with Crippen LogP contribution in [-0.4, -0.2) is 56.0 Å². The summed E-state index contributed by atoms with van der Waals surface area (Å²) in [5.74, 6) is 1.85. The average molecular weight is 437 g/mol. The number of aromatic nitrogens is 4. The number of aliphatic hydroxyl groups is 1. The molecule has 8 nitrogen and oxygen atoms in total. The molecule has 1 unspecified atom stereocenters. The van der Waals surface area contributed by atoms with Crippen LogP contribution in [0.15, 0.2) is 48.7 Å². The first-order valence-electron chi connectivity index (χ1n) is 11.4. The standard InChI is InChI=1S/C24H32N6O2/c1-29-24(27-23(28-29)22(31)21-11-3-4-12-25-21)26-13-8-16-32-20-10-7-9-19(17-20)18-30-14-5-2-6-15-30/h3-4,7,9-12,17,22,31H,2,5-6,8,13-16,18H2,1H3,(H,26,27,28). The summed E-state index contributed by atoms with van der Waals surface area (Å²) in [6.07, 6.45) is 5.48. The molecule has 170 valence electrons. The molecule has 1 saturated heterocycles. The number of hydrogen-bond acceptors (Lipinski definition) is 7. The third-order valence-electron chi connectivity index (χ3n) is 5.62. The van der Waals surface area contributed by atoms with Crippen molar-refractivity contribution in [1.29, 1.82) is 0 Å². The zero-order chi connectivity index (χ0) is 22.2. The Hall–Kier alpha value is -2.97. The average Bonchev–Trinajstić information content (AvgIpc) is 3.20. The minimum absolute atomic E-state index is 0.329. The van der Waals surface area contributed by atoms with Gasteiger partial charge in [-0.2, -0.15) is 10.1 Å². The molecule has 1 aliphatic rings. The van der Waals surface area contributed by atoms with E-state index in [9.17, 15) is 5.11 Å². The van der Waals surface area contributed by atoms with E-state index in [0.29, 0.717) is 30.6 Å². The lowest BCUT2D eigenvalue weighted by atomic mass is 10.1. The summed E-state index contributed by atoms with van der Waals surface area (Å²) in [5.41, 5.74) is 1.83. The normalized spacial score (nSPS) is 15.4. The Morgan fingerprint density at radius 1 is 1.12 bits per heavy atom. The molecular weight excluding hydrogens is 404 g/mol. The minimum Gasteiger partial charge on any atom is -0.494 e. The van der Waals surface area contributed by atoms with Crippen molar-refractivity contribution in [3.63, 3.8) is 0 Å². The Balaban J connectivity index is 1.21. The summed E-state index contributed by atoms with van der Waals surface area (Å²) in [4.78, 5) is 11.1. The molecule has 3 heterocycles. The minimum atomic E-state index is -0.946. The van der Waals surface area contributed by atoms with Crippen LogP contribution in [0.4, 0.5) is 5.95 Å². The Morgan fingerprint density at radius 3 is 2.81 bits per heavy atom. The molecule has 0 radical (unpaired) electrons. The monoisotopic (exact) mass is 436 g/mol. The molecule has 1 aliphatic heterocycles. The first-order valence-corrected chi connectivity index (χ1v) is 11.4. The maximum atomic E-state index is 10.4. The second-order valence-electron chi connectivity index (χ2n) is 8.19. The quantitative estimate of drug-likeness (QED) is 0.472. The van der Waals surface area contributed by atoms with E-state index in [1.165, 1.54) is 37.9 Å². The molecule has 1 fully saturated rings. The Kier molecular flexibility index (Phi) is 7.68. The summed E-state index contributed by atoms with van der Waals surface area (Å²) >= 11 is 0. The van der Waals surface area contributed by atoms with Crippen molar-refractivity contribution in [2.75, 3.05) is 31.6 Å². The van der Waals surface area contributed by atoms with Crippen molar-refractivity contribution in [1.82, 2.24) is 24.6 Å². The molecule has 0 amide bonds. The number of aliphatic hydroxyl groups excluding tert-OH is 1. The Morgan fingerprint density at radius 2 is 2.00 bits per heavy atom. The molecule has 2 aromatic heterocycles. The van der Waals surface area contributed by atoms with E-state index in [0.717, 1.165) is 18.7 Å². The van der Waals surface area contributed by atoms with Crippen LogP contribution < -0.4 is 10.1 Å². The zero-order valence-electron chi connectivity index (χ0n) is 18.7. The number of likely N-dealkylation sites (tertiary alicyclic amines) is 1. The smallest absolute Gasteiger partial charge is 0.221 e. The number of ether oxygens (including phenoxy) is 1. The second-order valence-corrected chi connectivity index (χ2v) is 8.19. The predicted molar refractivity (Wildman–Crippen MR) is 123 cm³/mol. The van der Waals surface area contributed by atoms with Gasteiger partial charge in [0.05, 0.1) is 12.3 Å². The number of pyridine rings is 1. The molecular formula is C24H32N6O2. The topological polar surface area (TPSA) is 88.3 Å². The lowest BCUT2D eigenvalue weighted by Gasteiger charge is -2.26. The lowest BCUT2D eigenvalue weighted by Crippen LogP contribution is -2.29. The summed E-state index contributed by atoms with van der Waals surface area (Å²) in [5, 5.41) is 18.0. The van der Waals surface area contributed by atoms with E-state index in [1.807, 2.05) is 18.2 Å². The van der Waals surface area contributed by atoms with Crippen LogP contribution in [0.3, 0.4) is 0 Å². The number of hydrogen-bond donors (Lipinski definition) is 2. The molecule has 0 aliphatic carbocycles. The third kappa shape index (κ3) is 6.05. The van der Waals surface area contributed by atoms with Gasteiger partial charge < -0.3 is 15.2 Å². The first kappa shape index (κ1) is 22.2. The summed E-state index contributed by atoms with van der Waals surface area (Å²) in [6.45, 7) is 4.69. The zero-order valence-corrected chi connectivity index (χ0v) is 18.7. The summed E-state index contributed by atoms with van der Waals surface area (Å²) in [6, 6.07) is 13.8. The largest absolute Gasteiger partial charge is 0.494 e. The number of anilines is 1.